The first-order valence-corrected chi connectivity index (χ1v) is 36.8. The molecule has 10 heterocycles. The minimum Gasteiger partial charge on any atom is -0.467 e. The van der Waals surface area contributed by atoms with E-state index in [9.17, 15) is 16.8 Å². The van der Waals surface area contributed by atoms with Gasteiger partial charge in [-0.15, -0.1) is 45.3 Å². The van der Waals surface area contributed by atoms with Crippen molar-refractivity contribution in [2.24, 2.45) is 0 Å². The van der Waals surface area contributed by atoms with Crippen molar-refractivity contribution in [3.8, 4) is 0 Å². The lowest BCUT2D eigenvalue weighted by Crippen LogP contribution is -2.22. The Morgan fingerprint density at radius 1 is 0.348 bits per heavy atom. The van der Waals surface area contributed by atoms with E-state index in [2.05, 4.69) is 154 Å². The quantitative estimate of drug-likeness (QED) is 0.147. The molecule has 0 unspecified atom stereocenters. The summed E-state index contributed by atoms with van der Waals surface area (Å²) < 4.78 is 67.8. The first kappa shape index (κ1) is 73.7. The molecule has 2 aliphatic carbocycles. The number of aryl methyl sites for hydroxylation is 12. The molecule has 11 aromatic rings. The third-order valence-corrected chi connectivity index (χ3v) is 23.6. The normalized spacial score (nSPS) is 14.3. The van der Waals surface area contributed by atoms with Gasteiger partial charge in [-0.3, -0.25) is 0 Å². The van der Waals surface area contributed by atoms with Crippen molar-refractivity contribution >= 4 is 117 Å². The maximum atomic E-state index is 11.7. The molecule has 0 atom stereocenters. The van der Waals surface area contributed by atoms with Gasteiger partial charge in [0.25, 0.3) is 0 Å². The maximum Gasteiger partial charge on any atom is 0.199 e. The number of rotatable bonds is 0. The van der Waals surface area contributed by atoms with Gasteiger partial charge in [0.1, 0.15) is 34.6 Å². The van der Waals surface area contributed by atoms with E-state index in [1.54, 1.807) is 46.1 Å². The first-order valence-electron chi connectivity index (χ1n) is 30.5. The number of thiophene rings is 4. The van der Waals surface area contributed by atoms with E-state index >= 15 is 0 Å². The number of hydrogen-bond donors (Lipinski definition) is 0. The Kier molecular flexibility index (Phi) is 26.9. The zero-order valence-electron chi connectivity index (χ0n) is 57.1. The molecule has 15 rings (SSSR count). The van der Waals surface area contributed by atoms with E-state index in [1.165, 1.54) is 96.0 Å². The molecule has 2 aliphatic heterocycles. The van der Waals surface area contributed by atoms with Crippen LogP contribution in [0.25, 0.3) is 52.4 Å². The number of sulfone groups is 2. The van der Waals surface area contributed by atoms with Crippen LogP contribution in [0.4, 0.5) is 0 Å². The van der Waals surface area contributed by atoms with Crippen molar-refractivity contribution < 1.29 is 34.5 Å². The Labute approximate surface area is 562 Å². The maximum absolute atomic E-state index is 11.7. The Hall–Kier alpha value is -7.30. The van der Waals surface area contributed by atoms with Gasteiger partial charge in [-0.25, -0.2) is 16.8 Å². The largest absolute Gasteiger partial charge is 0.467 e. The molecule has 0 saturated heterocycles. The molecule has 0 saturated carbocycles. The molecule has 0 radical (unpaired) electrons. The van der Waals surface area contributed by atoms with Gasteiger partial charge in [-0.1, -0.05) is 119 Å². The third kappa shape index (κ3) is 19.9. The van der Waals surface area contributed by atoms with Crippen LogP contribution in [0, 0.1) is 83.1 Å². The van der Waals surface area contributed by atoms with E-state index in [-0.39, 0.29) is 0 Å². The molecule has 0 fully saturated rings. The summed E-state index contributed by atoms with van der Waals surface area (Å²) in [7, 11) is -6.11. The van der Waals surface area contributed by atoms with Crippen LogP contribution in [0.5, 0.6) is 0 Å². The van der Waals surface area contributed by atoms with Crippen LogP contribution < -0.4 is 10.4 Å². The van der Waals surface area contributed by atoms with Gasteiger partial charge in [0.15, 0.2) is 25.3 Å². The highest BCUT2D eigenvalue weighted by atomic mass is 32.2. The molecule has 0 bridgehead atoms. The topological polar surface area (TPSA) is 121 Å². The Balaban J connectivity index is 0.000000163. The minimum atomic E-state index is -3.13. The number of hydrogen-bond acceptors (Lipinski definition) is 12. The van der Waals surface area contributed by atoms with Crippen molar-refractivity contribution in [1.82, 2.24) is 0 Å². The van der Waals surface area contributed by atoms with Gasteiger partial charge < -0.3 is 17.7 Å². The lowest BCUT2D eigenvalue weighted by Gasteiger charge is -1.95. The molecular weight excluding hydrogens is 1260 g/mol. The average molecular weight is 1350 g/mol. The predicted octanol–water partition coefficient (Wildman–Crippen LogP) is 23.2. The lowest BCUT2D eigenvalue weighted by atomic mass is 10.1. The van der Waals surface area contributed by atoms with Crippen LogP contribution in [0.1, 0.15) is 132 Å². The second kappa shape index (κ2) is 33.5. The minimum absolute atomic E-state index is 0.444. The van der Waals surface area contributed by atoms with E-state index in [0.29, 0.717) is 19.6 Å². The van der Waals surface area contributed by atoms with E-state index in [0.717, 1.165) is 56.0 Å². The van der Waals surface area contributed by atoms with Crippen molar-refractivity contribution in [2.45, 2.75) is 151 Å². The Morgan fingerprint density at radius 2 is 0.739 bits per heavy atom. The van der Waals surface area contributed by atoms with Gasteiger partial charge in [-0.2, -0.15) is 0 Å². The second-order valence-electron chi connectivity index (χ2n) is 23.2. The monoisotopic (exact) mass is 1350 g/mol. The van der Waals surface area contributed by atoms with E-state index < -0.39 is 19.7 Å². The molecule has 0 N–H and O–H groups in total. The molecule has 486 valence electrons. The van der Waals surface area contributed by atoms with E-state index in [1.807, 2.05) is 141 Å². The third-order valence-electron chi connectivity index (χ3n) is 15.4. The van der Waals surface area contributed by atoms with Crippen molar-refractivity contribution in [2.75, 3.05) is 0 Å². The summed E-state index contributed by atoms with van der Waals surface area (Å²) in [5.74, 6) is 5.78. The lowest BCUT2D eigenvalue weighted by molar-refractivity contribution is 0.495. The van der Waals surface area contributed by atoms with Crippen LogP contribution >= 0.6 is 45.3 Å². The molecule has 14 heteroatoms. The molecule has 92 heavy (non-hydrogen) atoms. The number of benzene rings is 3. The van der Waals surface area contributed by atoms with Gasteiger partial charge in [0.2, 0.25) is 0 Å². The fourth-order valence-corrected chi connectivity index (χ4v) is 16.7. The van der Waals surface area contributed by atoms with Gasteiger partial charge in [0, 0.05) is 59.9 Å². The Bertz CT molecular complexity index is 4400. The van der Waals surface area contributed by atoms with Crippen molar-refractivity contribution in [3.63, 3.8) is 0 Å². The zero-order chi connectivity index (χ0) is 67.8. The first-order chi connectivity index (χ1) is 43.4. The number of allylic oxidation sites excluding steroid dienone is 12. The number of fused-ring (bicyclic) bond motifs is 5. The predicted molar refractivity (Wildman–Crippen MR) is 400 cm³/mol. The molecule has 0 spiro atoms. The van der Waals surface area contributed by atoms with Crippen molar-refractivity contribution in [3.05, 3.63) is 264 Å². The summed E-state index contributed by atoms with van der Waals surface area (Å²) in [5, 5.41) is 11.7. The highest BCUT2D eigenvalue weighted by molar-refractivity contribution is 8.08. The Morgan fingerprint density at radius 3 is 1.09 bits per heavy atom. The smallest absolute Gasteiger partial charge is 0.199 e. The summed E-state index contributed by atoms with van der Waals surface area (Å²) in [6, 6.07) is 36.5. The van der Waals surface area contributed by atoms with Crippen LogP contribution in [0.2, 0.25) is 0 Å². The summed E-state index contributed by atoms with van der Waals surface area (Å²) in [4.78, 5) is 10.4. The zero-order valence-corrected chi connectivity index (χ0v) is 62.0. The van der Waals surface area contributed by atoms with Gasteiger partial charge >= 0.3 is 0 Å². The molecule has 3 aromatic carbocycles. The molecular formula is C78H90O8S6. The molecule has 8 nitrogen and oxygen atoms in total. The van der Waals surface area contributed by atoms with Crippen molar-refractivity contribution in [1.29, 1.82) is 0 Å². The summed E-state index contributed by atoms with van der Waals surface area (Å²) in [6.45, 7) is 39.8. The van der Waals surface area contributed by atoms with Crippen LogP contribution in [0.3, 0.4) is 0 Å². The second-order valence-corrected chi connectivity index (χ2v) is 33.0. The molecule has 4 aliphatic rings. The SMILES string of the molecule is CC1=CC=C(C)C1.CC1=CC=C(C)C1.CC1=CC=C(C)S1(=O)=O.CC1=c2ccccc2=C(C)S1(=O)=O.Cc1ccc(C)o1.Cc1ccc(C)s1.Cc1oc(C)c2ccccc12.Cc1oc(C)c2occc12.Cc1sc(C)c2ccccc12.Cc1sc(C)c2sccc12. The highest BCUT2D eigenvalue weighted by Gasteiger charge is 2.23. The van der Waals surface area contributed by atoms with Crippen LogP contribution in [-0.4, -0.2) is 16.8 Å². The van der Waals surface area contributed by atoms with E-state index in [4.69, 9.17) is 17.7 Å². The average Bonchev–Trinajstić information content (AvgIpc) is 1.63. The highest BCUT2D eigenvalue weighted by Crippen LogP contribution is 2.34. The fourth-order valence-electron chi connectivity index (χ4n) is 10.3. The summed E-state index contributed by atoms with van der Waals surface area (Å²) in [6.07, 6.45) is 16.0. The standard InChI is InChI=1S/C10H10O2S.C10H10O.C10H10S.C8H8O2.C8H8S2.2C7H10.C6H8O2S.C6H8O.C6H8S/c1-7-9-5-3-4-6-10(9)8(2)13(7,11)12;2*1-7-9-5-3-4-6-10(9)8(2)11-7;2*1-5-7-3-4-9-8(7)6(2)10-5;2*1-6-3-4-7(2)5-6;1-5-3-4-6(2)9(5,7)8;2*1-5-3-4-6(2)7-5/h3-6H,1-2H3;2*3-6H,1-2H3;2*3-4H,1-2H3;2*3-4H,5H2,1-2H3;3-4H,1-2H3;2*3-4H,1-2H3. The fraction of sp³-hybridized carbons (Fsp3) is 0.282. The van der Waals surface area contributed by atoms with Gasteiger partial charge in [-0.05, 0) is 226 Å². The van der Waals surface area contributed by atoms with Crippen LogP contribution in [-0.2, 0) is 19.7 Å². The summed E-state index contributed by atoms with van der Waals surface area (Å²) >= 11 is 7.47. The molecule has 8 aromatic heterocycles. The number of furan rings is 4. The molecule has 0 amide bonds. The van der Waals surface area contributed by atoms with Gasteiger partial charge in [0.05, 0.1) is 21.5 Å². The summed E-state index contributed by atoms with van der Waals surface area (Å²) in [5.41, 5.74) is 6.81. The van der Waals surface area contributed by atoms with Crippen LogP contribution in [0.15, 0.2) is 207 Å².